The van der Waals surface area contributed by atoms with E-state index in [1.165, 1.54) is 20.6 Å². The first-order valence-electron chi connectivity index (χ1n) is 5.43. The minimum absolute atomic E-state index is 0.543. The van der Waals surface area contributed by atoms with E-state index in [0.717, 1.165) is 4.90 Å². The summed E-state index contributed by atoms with van der Waals surface area (Å²) in [6.45, 7) is 4.37. The lowest BCUT2D eigenvalue weighted by Crippen LogP contribution is -2.61. The lowest BCUT2D eigenvalue weighted by molar-refractivity contribution is -0.151. The van der Waals surface area contributed by atoms with Crippen molar-refractivity contribution in [1.82, 2.24) is 10.2 Å². The molecule has 3 atom stereocenters. The van der Waals surface area contributed by atoms with Gasteiger partial charge in [-0.25, -0.2) is 9.59 Å². The van der Waals surface area contributed by atoms with Gasteiger partial charge in [0.25, 0.3) is 0 Å². The number of hydrogen-bond donors (Lipinski definition) is 1. The Hall–Kier alpha value is -1.92. The predicted octanol–water partition coefficient (Wildman–Crippen LogP) is -0.287. The van der Waals surface area contributed by atoms with E-state index < -0.39 is 35.8 Å². The van der Waals surface area contributed by atoms with Gasteiger partial charge in [0.15, 0.2) is 0 Å². The third-order valence-corrected chi connectivity index (χ3v) is 2.70. The standard InChI is InChI=1S/C11H15N2O5/c1-6(5-14)4-13-8(10(16)18-3)7(2)9(15)12-11(13)17/h4-8H,1-3H3,(H,12,15,17). The van der Waals surface area contributed by atoms with E-state index in [1.54, 1.807) is 6.92 Å². The first-order valence-corrected chi connectivity index (χ1v) is 5.43. The summed E-state index contributed by atoms with van der Waals surface area (Å²) in [5.41, 5.74) is 0. The summed E-state index contributed by atoms with van der Waals surface area (Å²) in [4.78, 5) is 46.4. The van der Waals surface area contributed by atoms with Crippen molar-refractivity contribution in [2.45, 2.75) is 19.9 Å². The second kappa shape index (κ2) is 5.61. The van der Waals surface area contributed by atoms with Crippen LogP contribution >= 0.6 is 0 Å². The summed E-state index contributed by atoms with van der Waals surface area (Å²) in [5.74, 6) is -2.53. The van der Waals surface area contributed by atoms with Crippen molar-refractivity contribution >= 4 is 24.2 Å². The van der Waals surface area contributed by atoms with Crippen LogP contribution in [0.4, 0.5) is 4.79 Å². The molecule has 0 aromatic heterocycles. The first kappa shape index (κ1) is 14.1. The zero-order valence-corrected chi connectivity index (χ0v) is 10.4. The van der Waals surface area contributed by atoms with Gasteiger partial charge in [-0.2, -0.15) is 0 Å². The van der Waals surface area contributed by atoms with E-state index in [-0.39, 0.29) is 0 Å². The van der Waals surface area contributed by atoms with Crippen molar-refractivity contribution in [3.8, 4) is 0 Å². The highest BCUT2D eigenvalue weighted by Crippen LogP contribution is 2.21. The van der Waals surface area contributed by atoms with Crippen LogP contribution in [0, 0.1) is 18.4 Å². The Balaban J connectivity index is 3.00. The number of aldehydes is 1. The minimum Gasteiger partial charge on any atom is -0.467 e. The quantitative estimate of drug-likeness (QED) is 0.550. The molecular formula is C11H15N2O5. The molecule has 1 radical (unpaired) electrons. The molecule has 0 aromatic rings. The monoisotopic (exact) mass is 255 g/mol. The average Bonchev–Trinajstić information content (AvgIpc) is 2.35. The molecule has 0 bridgehead atoms. The summed E-state index contributed by atoms with van der Waals surface area (Å²) in [6.07, 6.45) is 0.628. The molecule has 18 heavy (non-hydrogen) atoms. The molecular weight excluding hydrogens is 240 g/mol. The zero-order valence-electron chi connectivity index (χ0n) is 10.4. The fourth-order valence-electron chi connectivity index (χ4n) is 1.68. The van der Waals surface area contributed by atoms with E-state index in [4.69, 9.17) is 0 Å². The van der Waals surface area contributed by atoms with Crippen LogP contribution in [0.1, 0.15) is 13.8 Å². The van der Waals surface area contributed by atoms with Crippen LogP contribution in [0.15, 0.2) is 0 Å². The molecule has 0 saturated carbocycles. The highest BCUT2D eigenvalue weighted by molar-refractivity contribution is 6.03. The summed E-state index contributed by atoms with van der Waals surface area (Å²) < 4.78 is 4.58. The van der Waals surface area contributed by atoms with Gasteiger partial charge < -0.3 is 14.4 Å². The topological polar surface area (TPSA) is 92.8 Å². The number of nitrogens with one attached hydrogen (secondary N) is 1. The summed E-state index contributed by atoms with van der Waals surface area (Å²) in [7, 11) is 1.17. The number of imide groups is 1. The molecule has 1 aliphatic heterocycles. The Morgan fingerprint density at radius 2 is 2.11 bits per heavy atom. The molecule has 1 saturated heterocycles. The van der Waals surface area contributed by atoms with Gasteiger partial charge in [0.1, 0.15) is 12.3 Å². The van der Waals surface area contributed by atoms with Gasteiger partial charge in [0, 0.05) is 5.92 Å². The number of amides is 3. The van der Waals surface area contributed by atoms with Gasteiger partial charge in [-0.3, -0.25) is 10.1 Å². The van der Waals surface area contributed by atoms with Crippen molar-refractivity contribution in [3.05, 3.63) is 6.54 Å². The van der Waals surface area contributed by atoms with Crippen LogP contribution < -0.4 is 5.32 Å². The molecule has 0 aromatic carbocycles. The molecule has 1 N–H and O–H groups in total. The Bertz CT molecular complexity index is 382. The normalized spacial score (nSPS) is 25.4. The summed E-state index contributed by atoms with van der Waals surface area (Å²) >= 11 is 0. The largest absolute Gasteiger partial charge is 0.467 e. The average molecular weight is 255 g/mol. The van der Waals surface area contributed by atoms with Crippen LogP contribution in [0.5, 0.6) is 0 Å². The highest BCUT2D eigenvalue weighted by atomic mass is 16.5. The molecule has 7 nitrogen and oxygen atoms in total. The van der Waals surface area contributed by atoms with E-state index >= 15 is 0 Å². The molecule has 1 rings (SSSR count). The van der Waals surface area contributed by atoms with Crippen molar-refractivity contribution in [2.24, 2.45) is 11.8 Å². The van der Waals surface area contributed by atoms with Crippen molar-refractivity contribution in [2.75, 3.05) is 7.11 Å². The number of hydrogen-bond acceptors (Lipinski definition) is 5. The third kappa shape index (κ3) is 2.66. The molecule has 3 amide bonds. The molecule has 7 heteroatoms. The molecule has 99 valence electrons. The van der Waals surface area contributed by atoms with Crippen LogP contribution in [-0.2, 0) is 19.1 Å². The maximum absolute atomic E-state index is 11.7. The molecule has 3 unspecified atom stereocenters. The Morgan fingerprint density at radius 3 is 2.61 bits per heavy atom. The number of esters is 1. The van der Waals surface area contributed by atoms with Crippen molar-refractivity contribution in [3.63, 3.8) is 0 Å². The molecule has 1 heterocycles. The van der Waals surface area contributed by atoms with Gasteiger partial charge in [-0.1, -0.05) is 13.8 Å². The SMILES string of the molecule is COC(=O)C1C(C)C(=O)NC(=O)N1[CH]C(C)C=O. The Labute approximate surface area is 104 Å². The van der Waals surface area contributed by atoms with Gasteiger partial charge in [-0.15, -0.1) is 0 Å². The summed E-state index contributed by atoms with van der Waals surface area (Å²) in [6, 6.07) is -1.78. The first-order chi connectivity index (χ1) is 8.42. The maximum atomic E-state index is 11.7. The molecule has 0 aliphatic carbocycles. The summed E-state index contributed by atoms with van der Waals surface area (Å²) in [5, 5.41) is 2.11. The Kier molecular flexibility index (Phi) is 4.41. The number of ether oxygens (including phenoxy) is 1. The molecule has 0 spiro atoms. The highest BCUT2D eigenvalue weighted by Gasteiger charge is 2.44. The number of nitrogens with zero attached hydrogens (tertiary/aromatic N) is 1. The third-order valence-electron chi connectivity index (χ3n) is 2.70. The van der Waals surface area contributed by atoms with E-state index in [2.05, 4.69) is 10.1 Å². The molecule has 1 fully saturated rings. The van der Waals surface area contributed by atoms with E-state index in [9.17, 15) is 19.2 Å². The smallest absolute Gasteiger partial charge is 0.329 e. The zero-order chi connectivity index (χ0) is 13.9. The van der Waals surface area contributed by atoms with Crippen molar-refractivity contribution in [1.29, 1.82) is 0 Å². The second-order valence-corrected chi connectivity index (χ2v) is 4.10. The number of carbonyl (C=O) groups is 4. The lowest BCUT2D eigenvalue weighted by Gasteiger charge is -2.37. The van der Waals surface area contributed by atoms with Gasteiger partial charge in [-0.05, 0) is 0 Å². The maximum Gasteiger partial charge on any atom is 0.329 e. The van der Waals surface area contributed by atoms with Crippen LogP contribution in [0.3, 0.4) is 0 Å². The molecule has 1 aliphatic rings. The van der Waals surface area contributed by atoms with Crippen LogP contribution in [-0.4, -0.2) is 42.2 Å². The number of methoxy groups -OCH3 is 1. The fraction of sp³-hybridized carbons (Fsp3) is 0.545. The Morgan fingerprint density at radius 1 is 1.50 bits per heavy atom. The number of carbonyl (C=O) groups excluding carboxylic acids is 4. The predicted molar refractivity (Wildman–Crippen MR) is 59.9 cm³/mol. The number of rotatable bonds is 4. The van der Waals surface area contributed by atoms with E-state index in [0.29, 0.717) is 6.29 Å². The lowest BCUT2D eigenvalue weighted by atomic mass is 9.96. The van der Waals surface area contributed by atoms with Gasteiger partial charge >= 0.3 is 12.0 Å². The minimum atomic E-state index is -1.04. The van der Waals surface area contributed by atoms with Crippen molar-refractivity contribution < 1.29 is 23.9 Å². The van der Waals surface area contributed by atoms with Crippen LogP contribution in [0.2, 0.25) is 0 Å². The van der Waals surface area contributed by atoms with Crippen LogP contribution in [0.25, 0.3) is 0 Å². The van der Waals surface area contributed by atoms with Gasteiger partial charge in [0.2, 0.25) is 5.91 Å². The fourth-order valence-corrected chi connectivity index (χ4v) is 1.68. The van der Waals surface area contributed by atoms with E-state index in [1.807, 2.05) is 0 Å². The number of urea groups is 1. The van der Waals surface area contributed by atoms with Gasteiger partial charge in [0.05, 0.1) is 19.6 Å². The second-order valence-electron chi connectivity index (χ2n) is 4.10.